The minimum Gasteiger partial charge on any atom is -0.446 e. The fraction of sp³-hybridized carbons (Fsp3) is 0.500. The van der Waals surface area contributed by atoms with Crippen LogP contribution >= 0.6 is 0 Å². The summed E-state index contributed by atoms with van der Waals surface area (Å²) in [6, 6.07) is 6.38. The highest BCUT2D eigenvalue weighted by Crippen LogP contribution is 2.38. The number of ether oxygens (including phenoxy) is 1. The summed E-state index contributed by atoms with van der Waals surface area (Å²) in [5.74, 6) is 0.0635. The summed E-state index contributed by atoms with van der Waals surface area (Å²) >= 11 is 0. The van der Waals surface area contributed by atoms with E-state index in [0.717, 1.165) is 28.9 Å². The van der Waals surface area contributed by atoms with Crippen molar-refractivity contribution in [1.82, 2.24) is 15.1 Å². The maximum atomic E-state index is 12.7. The summed E-state index contributed by atoms with van der Waals surface area (Å²) in [5.41, 5.74) is 3.77. The van der Waals surface area contributed by atoms with Gasteiger partial charge in [-0.05, 0) is 44.9 Å². The molecule has 2 amide bonds. The largest absolute Gasteiger partial charge is 0.446 e. The number of hydrogen-bond donors (Lipinski definition) is 1. The minimum atomic E-state index is -0.327. The molecule has 1 aromatic heterocycles. The van der Waals surface area contributed by atoms with Gasteiger partial charge in [-0.3, -0.25) is 14.4 Å². The van der Waals surface area contributed by atoms with Gasteiger partial charge in [0.2, 0.25) is 5.91 Å². The molecule has 2 aliphatic rings. The lowest BCUT2D eigenvalue weighted by Gasteiger charge is -2.40. The molecule has 0 spiro atoms. The Bertz CT molecular complexity index is 954. The van der Waals surface area contributed by atoms with E-state index in [2.05, 4.69) is 22.2 Å². The van der Waals surface area contributed by atoms with Crippen LogP contribution in [0.5, 0.6) is 0 Å². The normalized spacial score (nSPS) is 21.4. The summed E-state index contributed by atoms with van der Waals surface area (Å²) in [6.07, 6.45) is 4.62. The van der Waals surface area contributed by atoms with Crippen molar-refractivity contribution in [2.75, 3.05) is 29.9 Å². The Kier molecular flexibility index (Phi) is 5.40. The molecule has 1 fully saturated rings. The molecule has 4 rings (SSSR count). The molecule has 1 aromatic carbocycles. The molecule has 3 heterocycles. The second-order valence-corrected chi connectivity index (χ2v) is 8.41. The van der Waals surface area contributed by atoms with E-state index in [9.17, 15) is 9.59 Å². The number of fused-ring (bicyclic) bond motifs is 1. The van der Waals surface area contributed by atoms with Crippen LogP contribution in [0.15, 0.2) is 30.6 Å². The van der Waals surface area contributed by atoms with Crippen molar-refractivity contribution in [1.29, 1.82) is 0 Å². The van der Waals surface area contributed by atoms with Gasteiger partial charge in [0.15, 0.2) is 0 Å². The summed E-state index contributed by atoms with van der Waals surface area (Å²) in [6.45, 7) is 7.05. The monoisotopic (exact) mass is 411 g/mol. The first-order valence-electron chi connectivity index (χ1n) is 10.5. The Labute approximate surface area is 176 Å². The molecule has 160 valence electrons. The second kappa shape index (κ2) is 8.01. The topological polar surface area (TPSA) is 79.7 Å². The van der Waals surface area contributed by atoms with Crippen LogP contribution in [-0.4, -0.2) is 54.1 Å². The third-order valence-electron chi connectivity index (χ3n) is 5.84. The van der Waals surface area contributed by atoms with Crippen LogP contribution in [-0.2, 0) is 9.53 Å². The van der Waals surface area contributed by atoms with Crippen molar-refractivity contribution < 1.29 is 14.3 Å². The average molecular weight is 412 g/mol. The Morgan fingerprint density at radius 3 is 2.80 bits per heavy atom. The van der Waals surface area contributed by atoms with Gasteiger partial charge in [0.1, 0.15) is 0 Å². The molecule has 2 atom stereocenters. The van der Waals surface area contributed by atoms with Crippen molar-refractivity contribution in [3.8, 4) is 11.1 Å². The zero-order valence-electron chi connectivity index (χ0n) is 18.0. The van der Waals surface area contributed by atoms with Crippen molar-refractivity contribution in [3.05, 3.63) is 30.6 Å². The summed E-state index contributed by atoms with van der Waals surface area (Å²) in [5, 5.41) is 7.36. The molecule has 0 aliphatic carbocycles. The van der Waals surface area contributed by atoms with E-state index < -0.39 is 0 Å². The van der Waals surface area contributed by atoms with E-state index in [1.165, 1.54) is 0 Å². The number of aromatic nitrogens is 2. The number of piperidine rings is 1. The highest BCUT2D eigenvalue weighted by molar-refractivity contribution is 5.95. The number of amides is 2. The van der Waals surface area contributed by atoms with Crippen molar-refractivity contribution in [2.45, 2.75) is 51.8 Å². The molecule has 8 nitrogen and oxygen atoms in total. The Morgan fingerprint density at radius 2 is 2.07 bits per heavy atom. The number of nitrogens with one attached hydrogen (secondary N) is 1. The lowest BCUT2D eigenvalue weighted by molar-refractivity contribution is -0.123. The molecule has 0 radical (unpaired) electrons. The second-order valence-electron chi connectivity index (χ2n) is 8.41. The van der Waals surface area contributed by atoms with Gasteiger partial charge >= 0.3 is 6.09 Å². The third-order valence-corrected chi connectivity index (χ3v) is 5.84. The number of likely N-dealkylation sites (N-methyl/N-ethyl adjacent to an activating group) is 1. The fourth-order valence-electron chi connectivity index (χ4n) is 4.06. The number of carbonyl (C=O) groups is 2. The van der Waals surface area contributed by atoms with Gasteiger partial charge in [-0.15, -0.1) is 0 Å². The van der Waals surface area contributed by atoms with E-state index in [0.29, 0.717) is 19.5 Å². The summed E-state index contributed by atoms with van der Waals surface area (Å²) in [4.78, 5) is 28.4. The van der Waals surface area contributed by atoms with Gasteiger partial charge < -0.3 is 15.0 Å². The van der Waals surface area contributed by atoms with Crippen LogP contribution in [0, 0.1) is 0 Å². The number of carbonyl (C=O) groups excluding carboxylic acids is 2. The quantitative estimate of drug-likeness (QED) is 0.839. The molecular formula is C22H29N5O3. The van der Waals surface area contributed by atoms with Gasteiger partial charge in [0.05, 0.1) is 29.7 Å². The van der Waals surface area contributed by atoms with Crippen LogP contribution in [0.25, 0.3) is 11.1 Å². The Hall–Kier alpha value is -3.03. The lowest BCUT2D eigenvalue weighted by atomic mass is 10.0. The molecule has 2 aliphatic heterocycles. The lowest BCUT2D eigenvalue weighted by Crippen LogP contribution is -2.48. The van der Waals surface area contributed by atoms with Crippen LogP contribution in [0.2, 0.25) is 0 Å². The minimum absolute atomic E-state index is 0.0635. The fourth-order valence-corrected chi connectivity index (χ4v) is 4.06. The van der Waals surface area contributed by atoms with Crippen molar-refractivity contribution in [2.24, 2.45) is 0 Å². The first-order chi connectivity index (χ1) is 14.3. The highest BCUT2D eigenvalue weighted by atomic mass is 16.6. The molecule has 2 unspecified atom stereocenters. The number of nitrogens with zero attached hydrogens (tertiary/aromatic N) is 4. The van der Waals surface area contributed by atoms with E-state index in [1.54, 1.807) is 4.90 Å². The van der Waals surface area contributed by atoms with Crippen molar-refractivity contribution in [3.63, 3.8) is 0 Å². The Balaban J connectivity index is 1.65. The zero-order chi connectivity index (χ0) is 21.4. The Morgan fingerprint density at radius 1 is 1.27 bits per heavy atom. The molecule has 2 aromatic rings. The molecular weight excluding hydrogens is 382 g/mol. The maximum absolute atomic E-state index is 12.7. The number of benzene rings is 1. The summed E-state index contributed by atoms with van der Waals surface area (Å²) < 4.78 is 7.36. The highest BCUT2D eigenvalue weighted by Gasteiger charge is 2.31. The first kappa shape index (κ1) is 20.3. The van der Waals surface area contributed by atoms with E-state index in [-0.39, 0.29) is 30.2 Å². The smallest absolute Gasteiger partial charge is 0.414 e. The molecule has 1 saturated heterocycles. The van der Waals surface area contributed by atoms with E-state index in [1.807, 2.05) is 56.2 Å². The zero-order valence-corrected chi connectivity index (χ0v) is 18.0. The predicted molar refractivity (Wildman–Crippen MR) is 116 cm³/mol. The standard InChI is InChI=1S/C22H29N5O3/c1-14(2)30-22(29)26-12-15(3)25(4)19-6-5-16(9-20(19)26)17-11-24-27(13-17)18-7-8-23-21(28)10-18/h5-6,9,11,13-15,18H,7-8,10,12H2,1-4H3,(H,23,28). The van der Waals surface area contributed by atoms with Crippen LogP contribution in [0.3, 0.4) is 0 Å². The molecule has 30 heavy (non-hydrogen) atoms. The van der Waals surface area contributed by atoms with Crippen LogP contribution in [0.1, 0.15) is 39.7 Å². The van der Waals surface area contributed by atoms with E-state index in [4.69, 9.17) is 4.74 Å². The SMILES string of the molecule is CC(C)OC(=O)N1CC(C)N(C)c2ccc(-c3cnn(C4CCNC(=O)C4)c3)cc21. The molecule has 8 heteroatoms. The summed E-state index contributed by atoms with van der Waals surface area (Å²) in [7, 11) is 2.04. The van der Waals surface area contributed by atoms with Gasteiger partial charge in [-0.1, -0.05) is 6.07 Å². The van der Waals surface area contributed by atoms with Gasteiger partial charge in [0.25, 0.3) is 0 Å². The number of anilines is 2. The van der Waals surface area contributed by atoms with Crippen molar-refractivity contribution >= 4 is 23.4 Å². The van der Waals surface area contributed by atoms with Gasteiger partial charge in [-0.2, -0.15) is 5.10 Å². The number of hydrogen-bond acceptors (Lipinski definition) is 5. The number of rotatable bonds is 3. The average Bonchev–Trinajstić information content (AvgIpc) is 3.20. The first-order valence-corrected chi connectivity index (χ1v) is 10.5. The maximum Gasteiger partial charge on any atom is 0.414 e. The molecule has 0 bridgehead atoms. The van der Waals surface area contributed by atoms with Gasteiger partial charge in [-0.25, -0.2) is 4.79 Å². The molecule has 1 N–H and O–H groups in total. The van der Waals surface area contributed by atoms with Crippen LogP contribution < -0.4 is 15.1 Å². The third kappa shape index (κ3) is 3.86. The molecule has 0 saturated carbocycles. The van der Waals surface area contributed by atoms with E-state index >= 15 is 0 Å². The predicted octanol–water partition coefficient (Wildman–Crippen LogP) is 3.19. The van der Waals surface area contributed by atoms with Gasteiger partial charge in [0, 0.05) is 44.4 Å². The van der Waals surface area contributed by atoms with Crippen LogP contribution in [0.4, 0.5) is 16.2 Å².